The van der Waals surface area contributed by atoms with E-state index in [1.807, 2.05) is 11.5 Å². The highest BCUT2D eigenvalue weighted by molar-refractivity contribution is 6.20. The van der Waals surface area contributed by atoms with Gasteiger partial charge in [0.15, 0.2) is 17.4 Å². The zero-order chi connectivity index (χ0) is 25.3. The molecule has 0 spiro atoms. The van der Waals surface area contributed by atoms with Crippen LogP contribution in [0.2, 0.25) is 0 Å². The van der Waals surface area contributed by atoms with E-state index in [0.29, 0.717) is 24.4 Å². The largest absolute Gasteiger partial charge is 0.505 e. The molecule has 2 amide bonds. The predicted octanol–water partition coefficient (Wildman–Crippen LogP) is 4.50. The molecule has 184 valence electrons. The van der Waals surface area contributed by atoms with Crippen molar-refractivity contribution in [2.75, 3.05) is 11.5 Å². The summed E-state index contributed by atoms with van der Waals surface area (Å²) >= 11 is 0. The molecule has 1 aromatic carbocycles. The fourth-order valence-corrected chi connectivity index (χ4v) is 3.66. The molecule has 1 atom stereocenters. The van der Waals surface area contributed by atoms with Gasteiger partial charge in [-0.25, -0.2) is 14.2 Å². The Kier molecular flexibility index (Phi) is 6.42. The SMILES string of the molecule is CC1CCCOc2cc(F)c(O)cc2C(=O)N(C(=O)OC(C)(C)C)c2cccc(n2)-c2nncn21. The van der Waals surface area contributed by atoms with E-state index in [-0.39, 0.29) is 29.8 Å². The number of ether oxygens (including phenoxy) is 2. The quantitative estimate of drug-likeness (QED) is 0.496. The Morgan fingerprint density at radius 3 is 2.80 bits per heavy atom. The number of pyridine rings is 1. The lowest BCUT2D eigenvalue weighted by atomic mass is 10.1. The van der Waals surface area contributed by atoms with E-state index in [4.69, 9.17) is 9.47 Å². The maximum absolute atomic E-state index is 14.2. The van der Waals surface area contributed by atoms with E-state index in [9.17, 15) is 19.1 Å². The smallest absolute Gasteiger partial charge is 0.423 e. The Balaban J connectivity index is 1.91. The Labute approximate surface area is 201 Å². The van der Waals surface area contributed by atoms with Crippen molar-refractivity contribution in [1.29, 1.82) is 0 Å². The highest BCUT2D eigenvalue weighted by Gasteiger charge is 2.33. The molecule has 1 N–H and O–H groups in total. The number of amides is 2. The van der Waals surface area contributed by atoms with Crippen molar-refractivity contribution in [3.8, 4) is 23.0 Å². The topological polar surface area (TPSA) is 120 Å². The molecule has 4 rings (SSSR count). The summed E-state index contributed by atoms with van der Waals surface area (Å²) in [6.07, 6.45) is 1.84. The number of aromatic hydroxyl groups is 1. The minimum atomic E-state index is -0.996. The molecule has 1 aliphatic heterocycles. The first-order valence-electron chi connectivity index (χ1n) is 11.1. The summed E-state index contributed by atoms with van der Waals surface area (Å²) < 4.78 is 27.2. The van der Waals surface area contributed by atoms with Gasteiger partial charge in [-0.1, -0.05) is 6.07 Å². The lowest BCUT2D eigenvalue weighted by Gasteiger charge is -2.26. The Morgan fingerprint density at radius 1 is 1.29 bits per heavy atom. The van der Waals surface area contributed by atoms with Gasteiger partial charge in [0.2, 0.25) is 0 Å². The molecule has 0 aliphatic carbocycles. The van der Waals surface area contributed by atoms with E-state index < -0.39 is 29.2 Å². The first-order chi connectivity index (χ1) is 16.5. The maximum atomic E-state index is 14.2. The second-order valence-corrected chi connectivity index (χ2v) is 9.20. The number of benzene rings is 1. The van der Waals surface area contributed by atoms with Gasteiger partial charge in [0.05, 0.1) is 12.2 Å². The first kappa shape index (κ1) is 24.1. The molecule has 2 bridgehead atoms. The van der Waals surface area contributed by atoms with Crippen molar-refractivity contribution in [3.63, 3.8) is 0 Å². The van der Waals surface area contributed by atoms with E-state index in [2.05, 4.69) is 15.2 Å². The first-order valence-corrected chi connectivity index (χ1v) is 11.1. The molecule has 0 fully saturated rings. The molecule has 35 heavy (non-hydrogen) atoms. The molecule has 0 saturated heterocycles. The molecule has 0 saturated carbocycles. The number of carbonyl (C=O) groups excluding carboxylic acids is 2. The highest BCUT2D eigenvalue weighted by atomic mass is 19.1. The molecule has 1 unspecified atom stereocenters. The lowest BCUT2D eigenvalue weighted by molar-refractivity contribution is 0.0562. The van der Waals surface area contributed by atoms with E-state index >= 15 is 0 Å². The highest BCUT2D eigenvalue weighted by Crippen LogP contribution is 2.32. The summed E-state index contributed by atoms with van der Waals surface area (Å²) in [5.41, 5.74) is -0.743. The fraction of sp³-hybridized carbons (Fsp3) is 0.375. The number of anilines is 1. The molecule has 10 nitrogen and oxygen atoms in total. The number of rotatable bonds is 0. The second-order valence-electron chi connectivity index (χ2n) is 9.20. The number of carbonyl (C=O) groups is 2. The van der Waals surface area contributed by atoms with Crippen LogP contribution in [-0.2, 0) is 4.74 Å². The van der Waals surface area contributed by atoms with Crippen molar-refractivity contribution in [1.82, 2.24) is 19.7 Å². The third-order valence-corrected chi connectivity index (χ3v) is 5.32. The van der Waals surface area contributed by atoms with Crippen molar-refractivity contribution < 1.29 is 28.6 Å². The number of imide groups is 1. The minimum Gasteiger partial charge on any atom is -0.505 e. The van der Waals surface area contributed by atoms with Gasteiger partial charge in [-0.2, -0.15) is 4.90 Å². The summed E-state index contributed by atoms with van der Waals surface area (Å²) in [6.45, 7) is 7.13. The van der Waals surface area contributed by atoms with Gasteiger partial charge in [0, 0.05) is 12.1 Å². The Hall–Kier alpha value is -4.02. The van der Waals surface area contributed by atoms with Crippen LogP contribution in [0.4, 0.5) is 15.0 Å². The lowest BCUT2D eigenvalue weighted by Crippen LogP contribution is -2.41. The number of phenolic OH excluding ortho intramolecular Hbond substituents is 1. The molecule has 2 aromatic heterocycles. The molecule has 0 radical (unpaired) electrons. The molecular formula is C24H26FN5O5. The van der Waals surface area contributed by atoms with Gasteiger partial charge >= 0.3 is 6.09 Å². The summed E-state index contributed by atoms with van der Waals surface area (Å²) in [7, 11) is 0. The Bertz CT molecular complexity index is 1270. The van der Waals surface area contributed by atoms with Crippen LogP contribution in [0, 0.1) is 5.82 Å². The molecule has 1 aliphatic rings. The zero-order valence-electron chi connectivity index (χ0n) is 19.9. The average Bonchev–Trinajstić information content (AvgIpc) is 3.27. The van der Waals surface area contributed by atoms with Crippen LogP contribution in [0.5, 0.6) is 11.5 Å². The zero-order valence-corrected chi connectivity index (χ0v) is 19.9. The van der Waals surface area contributed by atoms with Crippen molar-refractivity contribution in [2.45, 2.75) is 52.2 Å². The maximum Gasteiger partial charge on any atom is 0.423 e. The van der Waals surface area contributed by atoms with Crippen LogP contribution in [0.15, 0.2) is 36.7 Å². The summed E-state index contributed by atoms with van der Waals surface area (Å²) in [5, 5.41) is 18.2. The Morgan fingerprint density at radius 2 is 2.06 bits per heavy atom. The monoisotopic (exact) mass is 483 g/mol. The third kappa shape index (κ3) is 5.08. The standard InChI is InChI=1S/C24H26FN5O5/c1-14-7-6-10-34-19-12-16(25)18(31)11-15(19)22(32)30(23(33)35-24(2,3)4)20-9-5-8-17(27-20)21-28-26-13-29(14)21/h5,8-9,11-14,31H,6-7,10H2,1-4H3. The van der Waals surface area contributed by atoms with E-state index in [1.165, 1.54) is 6.07 Å². The number of hydrogen-bond acceptors (Lipinski definition) is 8. The number of nitrogens with zero attached hydrogens (tertiary/aromatic N) is 5. The van der Waals surface area contributed by atoms with Gasteiger partial charge < -0.3 is 19.1 Å². The van der Waals surface area contributed by atoms with Crippen LogP contribution < -0.4 is 9.64 Å². The van der Waals surface area contributed by atoms with E-state index in [0.717, 1.165) is 17.0 Å². The predicted molar refractivity (Wildman–Crippen MR) is 124 cm³/mol. The summed E-state index contributed by atoms with van der Waals surface area (Å²) in [6, 6.07) is 6.62. The second kappa shape index (κ2) is 9.32. The molecular weight excluding hydrogens is 457 g/mol. The minimum absolute atomic E-state index is 0.0170. The summed E-state index contributed by atoms with van der Waals surface area (Å²) in [5.74, 6) is -2.30. The number of aromatic nitrogens is 4. The van der Waals surface area contributed by atoms with Crippen LogP contribution in [-0.4, -0.2) is 49.1 Å². The van der Waals surface area contributed by atoms with Crippen LogP contribution in [0.3, 0.4) is 0 Å². The van der Waals surface area contributed by atoms with Gasteiger partial charge in [-0.3, -0.25) is 4.79 Å². The van der Waals surface area contributed by atoms with Gasteiger partial charge in [0.1, 0.15) is 29.2 Å². The number of phenols is 1. The molecule has 11 heteroatoms. The van der Waals surface area contributed by atoms with Crippen molar-refractivity contribution in [2.24, 2.45) is 0 Å². The number of halogens is 1. The number of fused-ring (bicyclic) bond motifs is 5. The molecule has 3 aromatic rings. The van der Waals surface area contributed by atoms with Crippen LogP contribution in [0.1, 0.15) is 56.9 Å². The third-order valence-electron chi connectivity index (χ3n) is 5.32. The normalized spacial score (nSPS) is 16.5. The van der Waals surface area contributed by atoms with Gasteiger partial charge in [0.25, 0.3) is 5.91 Å². The van der Waals surface area contributed by atoms with Gasteiger partial charge in [-0.15, -0.1) is 10.2 Å². The van der Waals surface area contributed by atoms with E-state index in [1.54, 1.807) is 39.2 Å². The average molecular weight is 484 g/mol. The van der Waals surface area contributed by atoms with Crippen LogP contribution >= 0.6 is 0 Å². The molecule has 3 heterocycles. The number of hydrogen-bond donors (Lipinski definition) is 1. The summed E-state index contributed by atoms with van der Waals surface area (Å²) in [4.78, 5) is 32.1. The van der Waals surface area contributed by atoms with Crippen molar-refractivity contribution in [3.05, 3.63) is 48.0 Å². The van der Waals surface area contributed by atoms with Gasteiger partial charge in [-0.05, 0) is 58.7 Å². The fourth-order valence-electron chi connectivity index (χ4n) is 3.66. The van der Waals surface area contributed by atoms with Crippen LogP contribution in [0.25, 0.3) is 11.5 Å². The van der Waals surface area contributed by atoms with Crippen molar-refractivity contribution >= 4 is 17.8 Å².